The van der Waals surface area contributed by atoms with Crippen LogP contribution >= 0.6 is 11.6 Å². The number of carboxylic acids is 1. The fraction of sp³-hybridized carbons (Fsp3) is 0.200. The number of aromatic nitrogens is 4. The summed E-state index contributed by atoms with van der Waals surface area (Å²) >= 11 is 6.19. The van der Waals surface area contributed by atoms with Crippen molar-refractivity contribution in [3.05, 3.63) is 106 Å². The Morgan fingerprint density at radius 2 is 1.75 bits per heavy atom. The summed E-state index contributed by atoms with van der Waals surface area (Å²) < 4.78 is 41.1. The van der Waals surface area contributed by atoms with Crippen molar-refractivity contribution in [2.75, 3.05) is 11.9 Å². The van der Waals surface area contributed by atoms with Crippen LogP contribution in [0.1, 0.15) is 45.8 Å². The molecule has 2 unspecified atom stereocenters. The summed E-state index contributed by atoms with van der Waals surface area (Å²) in [6.45, 7) is 0.214. The molecule has 1 aromatic heterocycles. The Morgan fingerprint density at radius 3 is 2.39 bits per heavy atom. The third kappa shape index (κ3) is 6.78. The Labute approximate surface area is 253 Å². The lowest BCUT2D eigenvalue weighted by atomic mass is 9.82. The molecule has 0 radical (unpaired) electrons. The maximum Gasteiger partial charge on any atom is 0.416 e. The highest BCUT2D eigenvalue weighted by Crippen LogP contribution is 2.36. The van der Waals surface area contributed by atoms with Crippen LogP contribution in [0.2, 0.25) is 5.02 Å². The minimum atomic E-state index is -4.53. The van der Waals surface area contributed by atoms with Crippen molar-refractivity contribution < 1.29 is 32.7 Å². The molecule has 2 amide bonds. The normalized spacial score (nSPS) is 17.0. The largest absolute Gasteiger partial charge is 0.478 e. The Kier molecular flexibility index (Phi) is 8.76. The number of amides is 2. The standard InChI is InChI=1S/C30H24ClF3N6O4/c31-22-10-13-25(40-17-35-37-38-40)20(16-22)7-14-26(41)39-15-1-2-24(18-3-8-21(9-4-18)30(32,33)34)27(39)28(42)36-23-11-5-19(6-12-23)29(43)44/h3-14,16-17,24,27H,1-2,15H2,(H,36,42)(H,43,44). The van der Waals surface area contributed by atoms with Crippen molar-refractivity contribution >= 4 is 41.1 Å². The van der Waals surface area contributed by atoms with Gasteiger partial charge in [-0.3, -0.25) is 9.59 Å². The average Bonchev–Trinajstić information content (AvgIpc) is 3.54. The van der Waals surface area contributed by atoms with E-state index in [-0.39, 0.29) is 12.1 Å². The molecule has 44 heavy (non-hydrogen) atoms. The minimum Gasteiger partial charge on any atom is -0.478 e. The van der Waals surface area contributed by atoms with E-state index in [2.05, 4.69) is 20.8 Å². The first-order valence-corrected chi connectivity index (χ1v) is 13.7. The van der Waals surface area contributed by atoms with Gasteiger partial charge < -0.3 is 15.3 Å². The van der Waals surface area contributed by atoms with E-state index < -0.39 is 41.5 Å². The highest BCUT2D eigenvalue weighted by molar-refractivity contribution is 6.30. The second-order valence-electron chi connectivity index (χ2n) is 10.0. The second-order valence-corrected chi connectivity index (χ2v) is 10.4. The number of anilines is 1. The molecule has 1 aliphatic rings. The minimum absolute atomic E-state index is 0.0206. The zero-order valence-electron chi connectivity index (χ0n) is 22.8. The number of nitrogens with one attached hydrogen (secondary N) is 1. The van der Waals surface area contributed by atoms with E-state index in [1.807, 2.05) is 0 Å². The van der Waals surface area contributed by atoms with Gasteiger partial charge in [-0.05, 0) is 89.5 Å². The lowest BCUT2D eigenvalue weighted by molar-refractivity contribution is -0.137. The molecule has 1 fully saturated rings. The van der Waals surface area contributed by atoms with E-state index in [9.17, 15) is 32.7 Å². The highest BCUT2D eigenvalue weighted by atomic mass is 35.5. The predicted molar refractivity (Wildman–Crippen MR) is 154 cm³/mol. The van der Waals surface area contributed by atoms with Gasteiger partial charge in [-0.15, -0.1) is 5.10 Å². The van der Waals surface area contributed by atoms with Crippen LogP contribution in [0.3, 0.4) is 0 Å². The monoisotopic (exact) mass is 624 g/mol. The van der Waals surface area contributed by atoms with Crippen molar-refractivity contribution in [3.8, 4) is 5.69 Å². The number of carboxylic acid groups (broad SMARTS) is 1. The summed E-state index contributed by atoms with van der Waals surface area (Å²) in [5, 5.41) is 23.4. The molecule has 0 spiro atoms. The summed E-state index contributed by atoms with van der Waals surface area (Å²) in [7, 11) is 0. The first-order valence-electron chi connectivity index (χ1n) is 13.3. The van der Waals surface area contributed by atoms with Gasteiger partial charge in [0.05, 0.1) is 16.8 Å². The molecule has 10 nitrogen and oxygen atoms in total. The molecule has 4 aromatic rings. The molecule has 2 N–H and O–H groups in total. The molecule has 1 saturated heterocycles. The number of halogens is 4. The maximum absolute atomic E-state index is 13.8. The van der Waals surface area contributed by atoms with Gasteiger partial charge in [0, 0.05) is 34.8 Å². The first-order chi connectivity index (χ1) is 21.0. The van der Waals surface area contributed by atoms with Crippen molar-refractivity contribution in [3.63, 3.8) is 0 Å². The summed E-state index contributed by atoms with van der Waals surface area (Å²) in [5.74, 6) is -2.84. The maximum atomic E-state index is 13.8. The SMILES string of the molecule is O=C(O)c1ccc(NC(=O)C2C(c3ccc(C(F)(F)F)cc3)CCCN2C(=O)C=Cc2cc(Cl)ccc2-n2cnnn2)cc1. The first kappa shape index (κ1) is 30.4. The lowest BCUT2D eigenvalue weighted by Gasteiger charge is -2.40. The van der Waals surface area contributed by atoms with Gasteiger partial charge in [-0.1, -0.05) is 23.7 Å². The predicted octanol–water partition coefficient (Wildman–Crippen LogP) is 5.46. The third-order valence-corrected chi connectivity index (χ3v) is 7.47. The highest BCUT2D eigenvalue weighted by Gasteiger charge is 2.40. The van der Waals surface area contributed by atoms with E-state index in [4.69, 9.17) is 11.6 Å². The molecule has 14 heteroatoms. The number of alkyl halides is 3. The molecule has 5 rings (SSSR count). The fourth-order valence-electron chi connectivity index (χ4n) is 5.14. The van der Waals surface area contributed by atoms with E-state index in [0.29, 0.717) is 40.4 Å². The number of carbonyl (C=O) groups excluding carboxylic acids is 2. The average molecular weight is 625 g/mol. The summed E-state index contributed by atoms with van der Waals surface area (Å²) in [5.41, 5.74) is 1.03. The Morgan fingerprint density at radius 1 is 1.02 bits per heavy atom. The van der Waals surface area contributed by atoms with E-state index >= 15 is 0 Å². The number of hydrogen-bond donors (Lipinski definition) is 2. The van der Waals surface area contributed by atoms with E-state index in [1.54, 1.807) is 18.2 Å². The molecule has 226 valence electrons. The molecule has 0 bridgehead atoms. The van der Waals surface area contributed by atoms with Gasteiger partial charge in [-0.2, -0.15) is 17.9 Å². The Balaban J connectivity index is 1.47. The number of likely N-dealkylation sites (tertiary alicyclic amines) is 1. The van der Waals surface area contributed by atoms with Crippen LogP contribution in [0.15, 0.2) is 79.1 Å². The fourth-order valence-corrected chi connectivity index (χ4v) is 5.32. The molecule has 0 aliphatic carbocycles. The molecular formula is C30H24ClF3N6O4. The van der Waals surface area contributed by atoms with Crippen LogP contribution in [0, 0.1) is 0 Å². The zero-order valence-corrected chi connectivity index (χ0v) is 23.5. The molecule has 2 heterocycles. The molecule has 2 atom stereocenters. The van der Waals surface area contributed by atoms with Crippen LogP contribution in [0.25, 0.3) is 11.8 Å². The second kappa shape index (κ2) is 12.7. The number of hydrogen-bond acceptors (Lipinski definition) is 6. The summed E-state index contributed by atoms with van der Waals surface area (Å²) in [6.07, 6.45) is 0.592. The van der Waals surface area contributed by atoms with Crippen LogP contribution in [0.5, 0.6) is 0 Å². The molecule has 3 aromatic carbocycles. The van der Waals surface area contributed by atoms with Gasteiger partial charge in [0.15, 0.2) is 0 Å². The van der Waals surface area contributed by atoms with Crippen molar-refractivity contribution in [1.82, 2.24) is 25.1 Å². The lowest BCUT2D eigenvalue weighted by Crippen LogP contribution is -2.53. The Bertz CT molecular complexity index is 1690. The van der Waals surface area contributed by atoms with Gasteiger partial charge >= 0.3 is 12.1 Å². The number of piperidine rings is 1. The number of carbonyl (C=O) groups is 3. The van der Waals surface area contributed by atoms with Gasteiger partial charge in [-0.25, -0.2) is 4.79 Å². The molecule has 0 saturated carbocycles. The van der Waals surface area contributed by atoms with E-state index in [1.165, 1.54) is 64.5 Å². The van der Waals surface area contributed by atoms with Gasteiger partial charge in [0.2, 0.25) is 11.8 Å². The quantitative estimate of drug-likeness (QED) is 0.261. The van der Waals surface area contributed by atoms with Crippen LogP contribution < -0.4 is 5.32 Å². The van der Waals surface area contributed by atoms with Crippen LogP contribution in [-0.2, 0) is 15.8 Å². The summed E-state index contributed by atoms with van der Waals surface area (Å²) in [4.78, 5) is 40.0. The topological polar surface area (TPSA) is 130 Å². The number of tetrazole rings is 1. The third-order valence-electron chi connectivity index (χ3n) is 7.24. The smallest absolute Gasteiger partial charge is 0.416 e. The summed E-state index contributed by atoms with van der Waals surface area (Å²) in [6, 6.07) is 13.9. The van der Waals surface area contributed by atoms with Crippen molar-refractivity contribution in [2.45, 2.75) is 31.0 Å². The number of nitrogens with zero attached hydrogens (tertiary/aromatic N) is 5. The number of benzene rings is 3. The van der Waals surface area contributed by atoms with Gasteiger partial charge in [0.1, 0.15) is 12.4 Å². The number of rotatable bonds is 7. The molecular weight excluding hydrogens is 601 g/mol. The van der Waals surface area contributed by atoms with Gasteiger partial charge in [0.25, 0.3) is 0 Å². The van der Waals surface area contributed by atoms with E-state index in [0.717, 1.165) is 12.1 Å². The van der Waals surface area contributed by atoms with Crippen molar-refractivity contribution in [2.24, 2.45) is 0 Å². The number of aromatic carboxylic acids is 1. The Hall–Kier alpha value is -5.04. The molecule has 1 aliphatic heterocycles. The zero-order chi connectivity index (χ0) is 31.4. The van der Waals surface area contributed by atoms with Crippen molar-refractivity contribution in [1.29, 1.82) is 0 Å². The van der Waals surface area contributed by atoms with Crippen LogP contribution in [-0.4, -0.2) is 60.6 Å². The van der Waals surface area contributed by atoms with Crippen LogP contribution in [0.4, 0.5) is 18.9 Å².